The summed E-state index contributed by atoms with van der Waals surface area (Å²) in [6.45, 7) is 2.47. The van der Waals surface area contributed by atoms with Gasteiger partial charge in [0.2, 0.25) is 5.91 Å². The number of non-ortho nitro benzene ring substituents is 1. The molecular formula is C13H17N3O5S. The SMILES string of the molecule is CC(=O)NC1CCN(c2ccc([N+](=O)[O-])cc2S(C)(=O)=O)C1. The topological polar surface area (TPSA) is 110 Å². The largest absolute Gasteiger partial charge is 0.368 e. The van der Waals surface area contributed by atoms with Gasteiger partial charge >= 0.3 is 0 Å². The third-order valence-electron chi connectivity index (χ3n) is 3.49. The highest BCUT2D eigenvalue weighted by atomic mass is 32.2. The normalized spacial score (nSPS) is 18.3. The molecule has 0 radical (unpaired) electrons. The van der Waals surface area contributed by atoms with Crippen molar-refractivity contribution >= 4 is 27.1 Å². The first-order valence-electron chi connectivity index (χ1n) is 6.69. The standard InChI is InChI=1S/C13H17N3O5S/c1-9(17)14-10-5-6-15(8-10)12-4-3-11(16(18)19)7-13(12)22(2,20)21/h3-4,7,10H,5-6,8H2,1-2H3,(H,14,17). The van der Waals surface area contributed by atoms with Crippen LogP contribution in [0.15, 0.2) is 23.1 Å². The first-order chi connectivity index (χ1) is 10.2. The van der Waals surface area contributed by atoms with Crippen molar-refractivity contribution in [3.63, 3.8) is 0 Å². The molecule has 9 heteroatoms. The van der Waals surface area contributed by atoms with Gasteiger partial charge in [0.15, 0.2) is 9.84 Å². The van der Waals surface area contributed by atoms with E-state index in [2.05, 4.69) is 5.32 Å². The van der Waals surface area contributed by atoms with Gasteiger partial charge in [0.1, 0.15) is 0 Å². The minimum atomic E-state index is -3.60. The molecular weight excluding hydrogens is 310 g/mol. The molecule has 22 heavy (non-hydrogen) atoms. The Morgan fingerprint density at radius 1 is 1.45 bits per heavy atom. The summed E-state index contributed by atoms with van der Waals surface area (Å²) in [4.78, 5) is 23.1. The minimum Gasteiger partial charge on any atom is -0.368 e. The van der Waals surface area contributed by atoms with E-state index in [-0.39, 0.29) is 22.5 Å². The van der Waals surface area contributed by atoms with Gasteiger partial charge in [-0.3, -0.25) is 14.9 Å². The molecule has 8 nitrogen and oxygen atoms in total. The number of sulfone groups is 1. The van der Waals surface area contributed by atoms with Crippen LogP contribution >= 0.6 is 0 Å². The molecule has 2 rings (SSSR count). The first kappa shape index (κ1) is 16.2. The Labute approximate surface area is 128 Å². The second-order valence-electron chi connectivity index (χ2n) is 5.31. The second kappa shape index (κ2) is 5.91. The number of anilines is 1. The highest BCUT2D eigenvalue weighted by molar-refractivity contribution is 7.90. The summed E-state index contributed by atoms with van der Waals surface area (Å²) in [5.41, 5.74) is 0.169. The van der Waals surface area contributed by atoms with Crippen molar-refractivity contribution in [1.29, 1.82) is 0 Å². The molecule has 1 unspecified atom stereocenters. The van der Waals surface area contributed by atoms with Crippen LogP contribution in [0.1, 0.15) is 13.3 Å². The maximum absolute atomic E-state index is 11.9. The van der Waals surface area contributed by atoms with Crippen LogP contribution in [0.4, 0.5) is 11.4 Å². The molecule has 0 aliphatic carbocycles. The Morgan fingerprint density at radius 3 is 2.68 bits per heavy atom. The van der Waals surface area contributed by atoms with Gasteiger partial charge in [0.25, 0.3) is 5.69 Å². The van der Waals surface area contributed by atoms with E-state index < -0.39 is 14.8 Å². The fourth-order valence-electron chi connectivity index (χ4n) is 2.56. The molecule has 1 aromatic carbocycles. The monoisotopic (exact) mass is 327 g/mol. The number of nitro benzene ring substituents is 1. The predicted octanol–water partition coefficient (Wildman–Crippen LogP) is 0.713. The number of benzene rings is 1. The van der Waals surface area contributed by atoms with Crippen molar-refractivity contribution in [2.45, 2.75) is 24.3 Å². The van der Waals surface area contributed by atoms with Crippen LogP contribution in [0.2, 0.25) is 0 Å². The number of rotatable bonds is 4. The Kier molecular flexibility index (Phi) is 4.36. The zero-order chi connectivity index (χ0) is 16.5. The van der Waals surface area contributed by atoms with Gasteiger partial charge in [0, 0.05) is 44.4 Å². The van der Waals surface area contributed by atoms with Gasteiger partial charge in [-0.2, -0.15) is 0 Å². The Bertz CT molecular complexity index is 716. The Balaban J connectivity index is 2.35. The molecule has 0 saturated carbocycles. The van der Waals surface area contributed by atoms with Gasteiger partial charge in [-0.05, 0) is 12.5 Å². The molecule has 1 N–H and O–H groups in total. The zero-order valence-corrected chi connectivity index (χ0v) is 13.1. The maximum Gasteiger partial charge on any atom is 0.270 e. The van der Waals surface area contributed by atoms with Gasteiger partial charge in [-0.25, -0.2) is 8.42 Å². The second-order valence-corrected chi connectivity index (χ2v) is 7.30. The van der Waals surface area contributed by atoms with Crippen LogP contribution in [0.3, 0.4) is 0 Å². The molecule has 1 aliphatic heterocycles. The molecule has 1 aliphatic rings. The summed E-state index contributed by atoms with van der Waals surface area (Å²) >= 11 is 0. The lowest BCUT2D eigenvalue weighted by molar-refractivity contribution is -0.385. The van der Waals surface area contributed by atoms with Gasteiger partial charge < -0.3 is 10.2 Å². The maximum atomic E-state index is 11.9. The Morgan fingerprint density at radius 2 is 2.14 bits per heavy atom. The third-order valence-corrected chi connectivity index (χ3v) is 4.62. The van der Waals surface area contributed by atoms with Crippen LogP contribution in [0.25, 0.3) is 0 Å². The molecule has 1 aromatic rings. The number of nitrogens with one attached hydrogen (secondary N) is 1. The third kappa shape index (κ3) is 3.53. The van der Waals surface area contributed by atoms with Crippen molar-refractivity contribution < 1.29 is 18.1 Å². The van der Waals surface area contributed by atoms with Crippen LogP contribution in [0, 0.1) is 10.1 Å². The van der Waals surface area contributed by atoms with Gasteiger partial charge in [-0.1, -0.05) is 0 Å². The number of nitro groups is 1. The van der Waals surface area contributed by atoms with Crippen molar-refractivity contribution in [2.24, 2.45) is 0 Å². The summed E-state index contributed by atoms with van der Waals surface area (Å²) in [6, 6.07) is 3.76. The lowest BCUT2D eigenvalue weighted by atomic mass is 10.2. The predicted molar refractivity (Wildman–Crippen MR) is 80.6 cm³/mol. The zero-order valence-electron chi connectivity index (χ0n) is 12.3. The molecule has 0 aromatic heterocycles. The number of carbonyl (C=O) groups excluding carboxylic acids is 1. The first-order valence-corrected chi connectivity index (χ1v) is 8.58. The fourth-order valence-corrected chi connectivity index (χ4v) is 3.47. The molecule has 1 heterocycles. The van der Waals surface area contributed by atoms with E-state index in [1.165, 1.54) is 19.1 Å². The number of nitrogens with zero attached hydrogens (tertiary/aromatic N) is 2. The number of hydrogen-bond acceptors (Lipinski definition) is 6. The van der Waals surface area contributed by atoms with E-state index in [1.807, 2.05) is 4.90 Å². The average molecular weight is 327 g/mol. The van der Waals surface area contributed by atoms with E-state index >= 15 is 0 Å². The summed E-state index contributed by atoms with van der Waals surface area (Å²) in [5, 5.41) is 13.6. The Hall–Kier alpha value is -2.16. The van der Waals surface area contributed by atoms with E-state index in [1.54, 1.807) is 0 Å². The number of amides is 1. The number of carbonyl (C=O) groups is 1. The summed E-state index contributed by atoms with van der Waals surface area (Å²) in [6.07, 6.45) is 1.72. The highest BCUT2D eigenvalue weighted by Crippen LogP contribution is 2.31. The van der Waals surface area contributed by atoms with Crippen LogP contribution in [0.5, 0.6) is 0 Å². The molecule has 0 bridgehead atoms. The number of hydrogen-bond donors (Lipinski definition) is 1. The minimum absolute atomic E-state index is 0.0555. The fraction of sp³-hybridized carbons (Fsp3) is 0.462. The molecule has 1 saturated heterocycles. The summed E-state index contributed by atoms with van der Waals surface area (Å²) in [7, 11) is -3.60. The van der Waals surface area contributed by atoms with Gasteiger partial charge in [-0.15, -0.1) is 0 Å². The van der Waals surface area contributed by atoms with Gasteiger partial charge in [0.05, 0.1) is 15.5 Å². The van der Waals surface area contributed by atoms with Crippen LogP contribution < -0.4 is 10.2 Å². The van der Waals surface area contributed by atoms with Crippen molar-refractivity contribution in [3.8, 4) is 0 Å². The summed E-state index contributed by atoms with van der Waals surface area (Å²) in [5.74, 6) is -0.140. The lowest BCUT2D eigenvalue weighted by Crippen LogP contribution is -2.35. The van der Waals surface area contributed by atoms with Crippen molar-refractivity contribution in [2.75, 3.05) is 24.2 Å². The van der Waals surface area contributed by atoms with E-state index in [4.69, 9.17) is 0 Å². The van der Waals surface area contributed by atoms with Crippen molar-refractivity contribution in [1.82, 2.24) is 5.32 Å². The molecule has 0 spiro atoms. The van der Waals surface area contributed by atoms with Crippen LogP contribution in [-0.4, -0.2) is 44.6 Å². The smallest absolute Gasteiger partial charge is 0.270 e. The summed E-state index contributed by atoms with van der Waals surface area (Å²) < 4.78 is 23.9. The lowest BCUT2D eigenvalue weighted by Gasteiger charge is -2.21. The molecule has 1 atom stereocenters. The molecule has 120 valence electrons. The van der Waals surface area contributed by atoms with Crippen molar-refractivity contribution in [3.05, 3.63) is 28.3 Å². The van der Waals surface area contributed by atoms with E-state index in [0.29, 0.717) is 25.2 Å². The highest BCUT2D eigenvalue weighted by Gasteiger charge is 2.28. The molecule has 1 fully saturated rings. The van der Waals surface area contributed by atoms with Crippen LogP contribution in [-0.2, 0) is 14.6 Å². The average Bonchev–Trinajstić information content (AvgIpc) is 2.84. The van der Waals surface area contributed by atoms with E-state index in [0.717, 1.165) is 12.3 Å². The quantitative estimate of drug-likeness (QED) is 0.644. The van der Waals surface area contributed by atoms with E-state index in [9.17, 15) is 23.3 Å². The molecule has 1 amide bonds.